The Hall–Kier alpha value is -1.22. The Bertz CT molecular complexity index is 900. The van der Waals surface area contributed by atoms with Crippen LogP contribution in [0.1, 0.15) is 29.7 Å². The summed E-state index contributed by atoms with van der Waals surface area (Å²) in [5.74, 6) is -0.240. The standard InChI is InChI=1S/C17H17BrFIN4/c1-4-14-17(18)16(23(3)22-14)9-12-7-10(2)21-24(12)15-6-5-11(19)8-13(15)20/h5-8H,4,9H2,1-3H3. The molecule has 0 aliphatic carbocycles. The fourth-order valence-corrected chi connectivity index (χ4v) is 4.19. The summed E-state index contributed by atoms with van der Waals surface area (Å²) in [6.07, 6.45) is 1.57. The molecule has 0 N–H and O–H groups in total. The van der Waals surface area contributed by atoms with Gasteiger partial charge in [-0.05, 0) is 76.1 Å². The summed E-state index contributed by atoms with van der Waals surface area (Å²) in [6.45, 7) is 4.05. The van der Waals surface area contributed by atoms with Crippen molar-refractivity contribution in [1.82, 2.24) is 19.6 Å². The van der Waals surface area contributed by atoms with Crippen LogP contribution >= 0.6 is 38.5 Å². The first-order valence-electron chi connectivity index (χ1n) is 7.62. The SMILES string of the molecule is CCc1nn(C)c(Cc2cc(C)nn2-c2ccc(F)cc2I)c1Br. The number of benzene rings is 1. The van der Waals surface area contributed by atoms with Crippen molar-refractivity contribution in [2.45, 2.75) is 26.7 Å². The Morgan fingerprint density at radius 3 is 2.62 bits per heavy atom. The van der Waals surface area contributed by atoms with Gasteiger partial charge >= 0.3 is 0 Å². The van der Waals surface area contributed by atoms with Gasteiger partial charge in [0.15, 0.2) is 0 Å². The maximum absolute atomic E-state index is 13.4. The van der Waals surface area contributed by atoms with Gasteiger partial charge in [-0.3, -0.25) is 4.68 Å². The number of aromatic nitrogens is 4. The van der Waals surface area contributed by atoms with Crippen LogP contribution in [0, 0.1) is 16.3 Å². The first kappa shape index (κ1) is 17.6. The van der Waals surface area contributed by atoms with E-state index in [0.29, 0.717) is 6.42 Å². The third-order valence-electron chi connectivity index (χ3n) is 3.89. The third kappa shape index (κ3) is 3.28. The first-order chi connectivity index (χ1) is 11.4. The van der Waals surface area contributed by atoms with Crippen LogP contribution in [-0.2, 0) is 19.9 Å². The van der Waals surface area contributed by atoms with Crippen LogP contribution < -0.4 is 0 Å². The molecule has 0 atom stereocenters. The van der Waals surface area contributed by atoms with E-state index in [9.17, 15) is 4.39 Å². The highest BCUT2D eigenvalue weighted by Gasteiger charge is 2.17. The minimum absolute atomic E-state index is 0.240. The zero-order valence-corrected chi connectivity index (χ0v) is 17.4. The lowest BCUT2D eigenvalue weighted by Crippen LogP contribution is -2.07. The lowest BCUT2D eigenvalue weighted by atomic mass is 10.2. The van der Waals surface area contributed by atoms with E-state index in [1.165, 1.54) is 12.1 Å². The summed E-state index contributed by atoms with van der Waals surface area (Å²) >= 11 is 5.81. The molecule has 0 saturated carbocycles. The number of nitrogens with zero attached hydrogens (tertiary/aromatic N) is 4. The summed E-state index contributed by atoms with van der Waals surface area (Å²) in [4.78, 5) is 0. The third-order valence-corrected chi connectivity index (χ3v) is 5.67. The van der Waals surface area contributed by atoms with E-state index < -0.39 is 0 Å². The molecule has 3 aromatic rings. The molecule has 4 nitrogen and oxygen atoms in total. The second-order valence-corrected chi connectivity index (χ2v) is 7.60. The van der Waals surface area contributed by atoms with Gasteiger partial charge in [0, 0.05) is 17.0 Å². The lowest BCUT2D eigenvalue weighted by Gasteiger charge is -2.10. The van der Waals surface area contributed by atoms with Gasteiger partial charge in [0.2, 0.25) is 0 Å². The summed E-state index contributed by atoms with van der Waals surface area (Å²) in [5.41, 5.74) is 5.01. The Kier molecular flexibility index (Phi) is 5.10. The van der Waals surface area contributed by atoms with Crippen molar-refractivity contribution >= 4 is 38.5 Å². The second kappa shape index (κ2) is 6.95. The highest BCUT2D eigenvalue weighted by Crippen LogP contribution is 2.26. The van der Waals surface area contributed by atoms with Crippen LogP contribution in [0.2, 0.25) is 0 Å². The van der Waals surface area contributed by atoms with E-state index >= 15 is 0 Å². The summed E-state index contributed by atoms with van der Waals surface area (Å²) in [7, 11) is 1.95. The van der Waals surface area contributed by atoms with Gasteiger partial charge in [-0.25, -0.2) is 9.07 Å². The molecule has 0 fully saturated rings. The highest BCUT2D eigenvalue weighted by molar-refractivity contribution is 14.1. The summed E-state index contributed by atoms with van der Waals surface area (Å²) in [6, 6.07) is 6.81. The zero-order chi connectivity index (χ0) is 17.4. The fraction of sp³-hybridized carbons (Fsp3) is 0.294. The fourth-order valence-electron chi connectivity index (χ4n) is 2.72. The number of hydrogen-bond acceptors (Lipinski definition) is 2. The molecule has 1 aromatic carbocycles. The molecule has 126 valence electrons. The molecule has 0 spiro atoms. The zero-order valence-electron chi connectivity index (χ0n) is 13.6. The molecular formula is C17H17BrFIN4. The van der Waals surface area contributed by atoms with Crippen molar-refractivity contribution in [1.29, 1.82) is 0 Å². The van der Waals surface area contributed by atoms with Crippen LogP contribution in [-0.4, -0.2) is 19.6 Å². The van der Waals surface area contributed by atoms with E-state index in [1.54, 1.807) is 6.07 Å². The van der Waals surface area contributed by atoms with Gasteiger partial charge in [0.1, 0.15) is 5.82 Å². The van der Waals surface area contributed by atoms with Gasteiger partial charge in [-0.1, -0.05) is 6.92 Å². The van der Waals surface area contributed by atoms with Crippen molar-refractivity contribution in [3.05, 3.63) is 60.9 Å². The molecule has 0 unspecified atom stereocenters. The quantitative estimate of drug-likeness (QED) is 0.490. The van der Waals surface area contributed by atoms with Crippen molar-refractivity contribution in [3.63, 3.8) is 0 Å². The van der Waals surface area contributed by atoms with Crippen molar-refractivity contribution in [2.24, 2.45) is 7.05 Å². The second-order valence-electron chi connectivity index (χ2n) is 5.65. The first-order valence-corrected chi connectivity index (χ1v) is 9.49. The van der Waals surface area contributed by atoms with Crippen LogP contribution in [0.5, 0.6) is 0 Å². The molecule has 0 aliphatic heterocycles. The van der Waals surface area contributed by atoms with E-state index in [1.807, 2.05) is 23.3 Å². The normalized spacial score (nSPS) is 11.2. The van der Waals surface area contributed by atoms with Gasteiger partial charge in [-0.15, -0.1) is 0 Å². The molecule has 24 heavy (non-hydrogen) atoms. The monoisotopic (exact) mass is 502 g/mol. The largest absolute Gasteiger partial charge is 0.271 e. The van der Waals surface area contributed by atoms with Crippen LogP contribution in [0.25, 0.3) is 5.69 Å². The molecule has 0 aliphatic rings. The molecule has 2 aromatic heterocycles. The predicted octanol–water partition coefficient (Wildman–Crippen LogP) is 4.57. The summed E-state index contributed by atoms with van der Waals surface area (Å²) in [5, 5.41) is 9.15. The lowest BCUT2D eigenvalue weighted by molar-refractivity contribution is 0.625. The van der Waals surface area contributed by atoms with Crippen molar-refractivity contribution in [2.75, 3.05) is 0 Å². The van der Waals surface area contributed by atoms with Crippen molar-refractivity contribution < 1.29 is 4.39 Å². The number of aryl methyl sites for hydroxylation is 3. The van der Waals surface area contributed by atoms with Crippen LogP contribution in [0.15, 0.2) is 28.7 Å². The Labute approximate surface area is 162 Å². The Morgan fingerprint density at radius 1 is 1.25 bits per heavy atom. The molecule has 0 radical (unpaired) electrons. The minimum Gasteiger partial charge on any atom is -0.271 e. The number of rotatable bonds is 4. The highest BCUT2D eigenvalue weighted by atomic mass is 127. The topological polar surface area (TPSA) is 35.6 Å². The Morgan fingerprint density at radius 2 is 2.00 bits per heavy atom. The molecule has 7 heteroatoms. The van der Waals surface area contributed by atoms with E-state index in [2.05, 4.69) is 61.7 Å². The smallest absolute Gasteiger partial charge is 0.124 e. The van der Waals surface area contributed by atoms with Crippen molar-refractivity contribution in [3.8, 4) is 5.69 Å². The summed E-state index contributed by atoms with van der Waals surface area (Å²) < 4.78 is 19.1. The molecule has 3 rings (SSSR count). The van der Waals surface area contributed by atoms with Gasteiger partial charge < -0.3 is 0 Å². The van der Waals surface area contributed by atoms with Gasteiger partial charge in [0.05, 0.1) is 32.9 Å². The predicted molar refractivity (Wildman–Crippen MR) is 104 cm³/mol. The van der Waals surface area contributed by atoms with E-state index in [-0.39, 0.29) is 5.82 Å². The maximum Gasteiger partial charge on any atom is 0.124 e. The van der Waals surface area contributed by atoms with Crippen LogP contribution in [0.3, 0.4) is 0 Å². The number of halogens is 3. The van der Waals surface area contributed by atoms with Gasteiger partial charge in [-0.2, -0.15) is 10.2 Å². The molecule has 2 heterocycles. The number of hydrogen-bond donors (Lipinski definition) is 0. The van der Waals surface area contributed by atoms with E-state index in [4.69, 9.17) is 0 Å². The average molecular weight is 503 g/mol. The molecule has 0 bridgehead atoms. The molecule has 0 amide bonds. The average Bonchev–Trinajstić information content (AvgIpc) is 3.01. The Balaban J connectivity index is 2.06. The van der Waals surface area contributed by atoms with Gasteiger partial charge in [0.25, 0.3) is 0 Å². The molecular weight excluding hydrogens is 486 g/mol. The van der Waals surface area contributed by atoms with Crippen LogP contribution in [0.4, 0.5) is 4.39 Å². The minimum atomic E-state index is -0.240. The van der Waals surface area contributed by atoms with E-state index in [0.717, 1.165) is 42.9 Å². The maximum atomic E-state index is 13.4. The molecule has 0 saturated heterocycles.